The van der Waals surface area contributed by atoms with Crippen molar-refractivity contribution in [2.75, 3.05) is 6.61 Å². The molecule has 0 unspecified atom stereocenters. The van der Waals surface area contributed by atoms with Crippen LogP contribution in [-0.2, 0) is 4.79 Å². The van der Waals surface area contributed by atoms with Gasteiger partial charge in [0.25, 0.3) is 0 Å². The number of hydrogen-bond acceptors (Lipinski definition) is 3. The molecule has 0 atom stereocenters. The number of aromatic hydroxyl groups is 1. The zero-order valence-corrected chi connectivity index (χ0v) is 10.6. The second kappa shape index (κ2) is 6.69. The number of carboxylic acids is 1. The highest BCUT2D eigenvalue weighted by molar-refractivity contribution is 5.85. The largest absolute Gasteiger partial charge is 0.504 e. The van der Waals surface area contributed by atoms with E-state index >= 15 is 0 Å². The molecule has 4 heteroatoms. The summed E-state index contributed by atoms with van der Waals surface area (Å²) in [5.74, 6) is -0.497. The Balaban J connectivity index is 2.95. The minimum absolute atomic E-state index is 0.0797. The molecule has 0 heterocycles. The number of ether oxygens (including phenoxy) is 1. The van der Waals surface area contributed by atoms with Gasteiger partial charge < -0.3 is 14.9 Å². The Labute approximate surface area is 107 Å². The summed E-state index contributed by atoms with van der Waals surface area (Å²) in [7, 11) is 0. The maximum Gasteiger partial charge on any atom is 0.328 e. The lowest BCUT2D eigenvalue weighted by molar-refractivity contribution is -0.131. The number of rotatable bonds is 6. The van der Waals surface area contributed by atoms with Gasteiger partial charge in [0.1, 0.15) is 0 Å². The van der Waals surface area contributed by atoms with E-state index in [1.54, 1.807) is 13.0 Å². The van der Waals surface area contributed by atoms with E-state index in [1.807, 2.05) is 0 Å². The highest BCUT2D eigenvalue weighted by atomic mass is 16.5. The van der Waals surface area contributed by atoms with Crippen molar-refractivity contribution >= 4 is 12.0 Å². The number of carboxylic acid groups (broad SMARTS) is 1. The molecule has 0 spiro atoms. The van der Waals surface area contributed by atoms with Gasteiger partial charge in [-0.1, -0.05) is 19.4 Å². The summed E-state index contributed by atoms with van der Waals surface area (Å²) in [6, 6.07) is 3.17. The maximum absolute atomic E-state index is 10.5. The summed E-state index contributed by atoms with van der Waals surface area (Å²) in [5.41, 5.74) is 1.46. The molecule has 0 aliphatic rings. The summed E-state index contributed by atoms with van der Waals surface area (Å²) in [5, 5.41) is 18.3. The highest BCUT2D eigenvalue weighted by Crippen LogP contribution is 2.32. The molecule has 0 aromatic heterocycles. The van der Waals surface area contributed by atoms with Gasteiger partial charge in [-0.15, -0.1) is 0 Å². The fourth-order valence-electron chi connectivity index (χ4n) is 1.53. The molecular formula is C14H18O4. The number of phenols is 1. The van der Waals surface area contributed by atoms with Gasteiger partial charge in [-0.05, 0) is 31.1 Å². The maximum atomic E-state index is 10.5. The fraction of sp³-hybridized carbons (Fsp3) is 0.357. The number of aliphatic carboxylic acids is 1. The van der Waals surface area contributed by atoms with E-state index in [0.717, 1.165) is 30.0 Å². The van der Waals surface area contributed by atoms with Gasteiger partial charge in [0.2, 0.25) is 0 Å². The van der Waals surface area contributed by atoms with Gasteiger partial charge in [-0.3, -0.25) is 0 Å². The lowest BCUT2D eigenvalue weighted by Gasteiger charge is -2.12. The zero-order chi connectivity index (χ0) is 13.5. The van der Waals surface area contributed by atoms with E-state index < -0.39 is 5.97 Å². The monoisotopic (exact) mass is 250 g/mol. The van der Waals surface area contributed by atoms with Crippen LogP contribution in [0, 0.1) is 6.92 Å². The molecule has 0 saturated carbocycles. The molecule has 1 rings (SSSR count). The number of hydrogen-bond donors (Lipinski definition) is 2. The van der Waals surface area contributed by atoms with Gasteiger partial charge in [0.05, 0.1) is 6.61 Å². The molecule has 0 radical (unpaired) electrons. The van der Waals surface area contributed by atoms with Crippen LogP contribution in [0.15, 0.2) is 18.2 Å². The van der Waals surface area contributed by atoms with Crippen LogP contribution < -0.4 is 4.74 Å². The third kappa shape index (κ3) is 3.80. The summed E-state index contributed by atoms with van der Waals surface area (Å²) < 4.78 is 5.52. The van der Waals surface area contributed by atoms with Crippen LogP contribution in [0.3, 0.4) is 0 Å². The predicted molar refractivity (Wildman–Crippen MR) is 69.9 cm³/mol. The van der Waals surface area contributed by atoms with E-state index in [-0.39, 0.29) is 5.75 Å². The first kappa shape index (κ1) is 14.1. The fourth-order valence-corrected chi connectivity index (χ4v) is 1.53. The van der Waals surface area contributed by atoms with Gasteiger partial charge >= 0.3 is 5.97 Å². The van der Waals surface area contributed by atoms with Crippen LogP contribution >= 0.6 is 0 Å². The topological polar surface area (TPSA) is 66.8 Å². The Morgan fingerprint density at radius 3 is 2.78 bits per heavy atom. The van der Waals surface area contributed by atoms with Crippen molar-refractivity contribution in [3.05, 3.63) is 29.3 Å². The second-order valence-electron chi connectivity index (χ2n) is 4.00. The first-order chi connectivity index (χ1) is 8.56. The van der Waals surface area contributed by atoms with E-state index in [1.165, 1.54) is 12.1 Å². The third-order valence-electron chi connectivity index (χ3n) is 2.58. The predicted octanol–water partition coefficient (Wildman–Crippen LogP) is 2.98. The SMILES string of the molecule is CCCCOc1c(O)ccc(/C=C/C(=O)O)c1C. The minimum Gasteiger partial charge on any atom is -0.504 e. The van der Waals surface area contributed by atoms with Crippen LogP contribution in [0.1, 0.15) is 30.9 Å². The van der Waals surface area contributed by atoms with Gasteiger partial charge in [-0.25, -0.2) is 4.79 Å². The van der Waals surface area contributed by atoms with Crippen LogP contribution in [0.5, 0.6) is 11.5 Å². The minimum atomic E-state index is -1.00. The van der Waals surface area contributed by atoms with E-state index in [9.17, 15) is 9.90 Å². The molecule has 4 nitrogen and oxygen atoms in total. The third-order valence-corrected chi connectivity index (χ3v) is 2.58. The van der Waals surface area contributed by atoms with Crippen molar-refractivity contribution in [3.8, 4) is 11.5 Å². The lowest BCUT2D eigenvalue weighted by Crippen LogP contribution is -1.99. The summed E-state index contributed by atoms with van der Waals surface area (Å²) in [6.07, 6.45) is 4.48. The molecule has 0 amide bonds. The van der Waals surface area contributed by atoms with Gasteiger partial charge in [0.15, 0.2) is 11.5 Å². The smallest absolute Gasteiger partial charge is 0.328 e. The van der Waals surface area contributed by atoms with Crippen LogP contribution in [0.2, 0.25) is 0 Å². The quantitative estimate of drug-likeness (QED) is 0.601. The highest BCUT2D eigenvalue weighted by Gasteiger charge is 2.09. The Morgan fingerprint density at radius 2 is 2.17 bits per heavy atom. The first-order valence-electron chi connectivity index (χ1n) is 5.92. The van der Waals surface area contributed by atoms with Crippen LogP contribution in [0.4, 0.5) is 0 Å². The van der Waals surface area contributed by atoms with Gasteiger partial charge in [0, 0.05) is 11.6 Å². The Kier molecular flexibility index (Phi) is 5.24. The Hall–Kier alpha value is -1.97. The van der Waals surface area contributed by atoms with Crippen LogP contribution in [-0.4, -0.2) is 22.8 Å². The molecule has 98 valence electrons. The van der Waals surface area contributed by atoms with E-state index in [4.69, 9.17) is 9.84 Å². The summed E-state index contributed by atoms with van der Waals surface area (Å²) >= 11 is 0. The van der Waals surface area contributed by atoms with Crippen molar-refractivity contribution in [2.24, 2.45) is 0 Å². The molecule has 18 heavy (non-hydrogen) atoms. The average molecular weight is 250 g/mol. The summed E-state index contributed by atoms with van der Waals surface area (Å²) in [4.78, 5) is 10.5. The first-order valence-corrected chi connectivity index (χ1v) is 5.92. The van der Waals surface area contributed by atoms with Crippen molar-refractivity contribution in [1.29, 1.82) is 0 Å². The van der Waals surface area contributed by atoms with E-state index in [2.05, 4.69) is 6.92 Å². The van der Waals surface area contributed by atoms with Crippen molar-refractivity contribution in [3.63, 3.8) is 0 Å². The Morgan fingerprint density at radius 1 is 1.44 bits per heavy atom. The molecule has 0 saturated heterocycles. The molecule has 2 N–H and O–H groups in total. The number of benzene rings is 1. The second-order valence-corrected chi connectivity index (χ2v) is 4.00. The normalized spacial score (nSPS) is 10.8. The zero-order valence-electron chi connectivity index (χ0n) is 10.6. The number of phenolic OH excluding ortho intramolecular Hbond substituents is 1. The molecule has 0 bridgehead atoms. The Bertz CT molecular complexity index is 449. The van der Waals surface area contributed by atoms with Crippen molar-refractivity contribution in [2.45, 2.75) is 26.7 Å². The molecule has 1 aromatic carbocycles. The average Bonchev–Trinajstić information content (AvgIpc) is 2.32. The van der Waals surface area contributed by atoms with Crippen molar-refractivity contribution in [1.82, 2.24) is 0 Å². The van der Waals surface area contributed by atoms with Gasteiger partial charge in [-0.2, -0.15) is 0 Å². The molecule has 0 aliphatic carbocycles. The number of carbonyl (C=O) groups is 1. The van der Waals surface area contributed by atoms with E-state index in [0.29, 0.717) is 12.4 Å². The van der Waals surface area contributed by atoms with Crippen LogP contribution in [0.25, 0.3) is 6.08 Å². The summed E-state index contributed by atoms with van der Waals surface area (Å²) in [6.45, 7) is 4.39. The lowest BCUT2D eigenvalue weighted by atomic mass is 10.1. The molecular weight excluding hydrogens is 232 g/mol. The number of unbranched alkanes of at least 4 members (excludes halogenated alkanes) is 1. The molecule has 0 aliphatic heterocycles. The molecule has 1 aromatic rings. The molecule has 0 fully saturated rings. The standard InChI is InChI=1S/C14H18O4/c1-3-4-9-18-14-10(2)11(5-7-12(14)15)6-8-13(16)17/h5-8,15H,3-4,9H2,1-2H3,(H,16,17)/b8-6+. The van der Waals surface area contributed by atoms with Crippen molar-refractivity contribution < 1.29 is 19.7 Å².